The molecule has 8 N–H and O–H groups in total. The molecule has 0 saturated heterocycles. The molecule has 0 aromatic heterocycles. The van der Waals surface area contributed by atoms with Crippen LogP contribution in [0.4, 0.5) is 0 Å². The lowest BCUT2D eigenvalue weighted by atomic mass is 10.0. The molecule has 98 valence electrons. The number of aliphatic hydroxyl groups is 1. The van der Waals surface area contributed by atoms with Gasteiger partial charge in [0.15, 0.2) is 0 Å². The van der Waals surface area contributed by atoms with Gasteiger partial charge in [-0.2, -0.15) is 0 Å². The van der Waals surface area contributed by atoms with Crippen LogP contribution in [0.2, 0.25) is 0 Å². The summed E-state index contributed by atoms with van der Waals surface area (Å²) in [7, 11) is 0. The van der Waals surface area contributed by atoms with Gasteiger partial charge in [0.05, 0.1) is 0 Å². The van der Waals surface area contributed by atoms with Crippen LogP contribution >= 0.6 is 0 Å². The second-order valence-electron chi connectivity index (χ2n) is 4.77. The molecule has 0 aromatic carbocycles. The normalized spacial score (nSPS) is 17.4. The molecule has 5 nitrogen and oxygen atoms in total. The first kappa shape index (κ1) is 15.8. The van der Waals surface area contributed by atoms with Crippen molar-refractivity contribution < 1.29 is 5.11 Å². The van der Waals surface area contributed by atoms with Gasteiger partial charge in [0, 0.05) is 18.6 Å². The highest BCUT2D eigenvalue weighted by Gasteiger charge is 2.18. The van der Waals surface area contributed by atoms with Crippen LogP contribution in [-0.4, -0.2) is 36.5 Å². The second kappa shape index (κ2) is 8.90. The molecule has 0 saturated carbocycles. The number of hydrogen-bond donors (Lipinski definition) is 5. The van der Waals surface area contributed by atoms with Crippen LogP contribution in [0.15, 0.2) is 0 Å². The zero-order valence-corrected chi connectivity index (χ0v) is 10.5. The minimum Gasteiger partial charge on any atom is -0.377 e. The monoisotopic (exact) mass is 232 g/mol. The summed E-state index contributed by atoms with van der Waals surface area (Å²) in [6.45, 7) is 5.31. The zero-order valence-electron chi connectivity index (χ0n) is 10.5. The quantitative estimate of drug-likeness (QED) is 0.339. The van der Waals surface area contributed by atoms with Crippen molar-refractivity contribution in [3.05, 3.63) is 0 Å². The van der Waals surface area contributed by atoms with Crippen molar-refractivity contribution in [1.82, 2.24) is 5.32 Å². The first-order valence-electron chi connectivity index (χ1n) is 6.11. The van der Waals surface area contributed by atoms with Crippen molar-refractivity contribution in [3.8, 4) is 0 Å². The molecule has 5 heteroatoms. The molecule has 0 rings (SSSR count). The Morgan fingerprint density at radius 1 is 1.25 bits per heavy atom. The third-order valence-electron chi connectivity index (χ3n) is 2.60. The van der Waals surface area contributed by atoms with Crippen LogP contribution in [-0.2, 0) is 0 Å². The van der Waals surface area contributed by atoms with Crippen LogP contribution in [0.25, 0.3) is 0 Å². The van der Waals surface area contributed by atoms with Gasteiger partial charge in [-0.3, -0.25) is 5.32 Å². The van der Waals surface area contributed by atoms with Gasteiger partial charge in [0.25, 0.3) is 0 Å². The topological polar surface area (TPSA) is 110 Å². The van der Waals surface area contributed by atoms with Crippen molar-refractivity contribution in [3.63, 3.8) is 0 Å². The van der Waals surface area contributed by atoms with Crippen molar-refractivity contribution >= 4 is 0 Å². The molecule has 0 aliphatic carbocycles. The molecule has 0 amide bonds. The number of hydrogen-bond acceptors (Lipinski definition) is 5. The summed E-state index contributed by atoms with van der Waals surface area (Å²) < 4.78 is 0. The lowest BCUT2D eigenvalue weighted by Gasteiger charge is -2.26. The van der Waals surface area contributed by atoms with Crippen LogP contribution in [0, 0.1) is 5.92 Å². The fourth-order valence-electron chi connectivity index (χ4n) is 1.67. The van der Waals surface area contributed by atoms with Gasteiger partial charge in [-0.15, -0.1) is 0 Å². The summed E-state index contributed by atoms with van der Waals surface area (Å²) >= 11 is 0. The highest BCUT2D eigenvalue weighted by atomic mass is 16.3. The molecule has 0 heterocycles. The minimum absolute atomic E-state index is 0.0942. The first-order chi connectivity index (χ1) is 7.51. The summed E-state index contributed by atoms with van der Waals surface area (Å²) in [5, 5.41) is 12.9. The van der Waals surface area contributed by atoms with Gasteiger partial charge in [-0.05, 0) is 31.7 Å². The van der Waals surface area contributed by atoms with Crippen molar-refractivity contribution in [2.75, 3.05) is 13.1 Å². The third-order valence-corrected chi connectivity index (χ3v) is 2.60. The molecule has 16 heavy (non-hydrogen) atoms. The highest BCUT2D eigenvalue weighted by molar-refractivity contribution is 4.77. The van der Waals surface area contributed by atoms with E-state index in [1.54, 1.807) is 0 Å². The van der Waals surface area contributed by atoms with Crippen LogP contribution < -0.4 is 22.5 Å². The van der Waals surface area contributed by atoms with Gasteiger partial charge in [0.1, 0.15) is 6.23 Å². The summed E-state index contributed by atoms with van der Waals surface area (Å²) in [6, 6.07) is -0.149. The summed E-state index contributed by atoms with van der Waals surface area (Å²) in [4.78, 5) is 0. The molecule has 0 spiro atoms. The van der Waals surface area contributed by atoms with E-state index in [1.165, 1.54) is 0 Å². The minimum atomic E-state index is -0.686. The van der Waals surface area contributed by atoms with Gasteiger partial charge >= 0.3 is 0 Å². The molecule has 0 bridgehead atoms. The number of nitrogens with one attached hydrogen (secondary N) is 1. The van der Waals surface area contributed by atoms with Crippen molar-refractivity contribution in [1.29, 1.82) is 0 Å². The largest absolute Gasteiger partial charge is 0.377 e. The summed E-state index contributed by atoms with van der Waals surface area (Å²) in [6.07, 6.45) is 1.88. The van der Waals surface area contributed by atoms with Gasteiger partial charge in [0.2, 0.25) is 0 Å². The molecule has 3 atom stereocenters. The van der Waals surface area contributed by atoms with E-state index in [2.05, 4.69) is 19.2 Å². The number of aliphatic hydroxyl groups excluding tert-OH is 1. The Balaban J connectivity index is 3.92. The SMILES string of the molecule is CC(C)CC(N)C(O)NC(CN)CCCN. The standard InChI is InChI=1S/C11H28N4O/c1-8(2)6-10(14)11(16)15-9(7-13)4-3-5-12/h8-11,15-16H,3-7,12-14H2,1-2H3. The smallest absolute Gasteiger partial charge is 0.120 e. The molecule has 0 radical (unpaired) electrons. The van der Waals surface area contributed by atoms with Gasteiger partial charge in [-0.1, -0.05) is 13.8 Å². The zero-order chi connectivity index (χ0) is 12.6. The summed E-state index contributed by atoms with van der Waals surface area (Å²) in [5.41, 5.74) is 16.9. The Kier molecular flexibility index (Phi) is 8.78. The third kappa shape index (κ3) is 7.14. The van der Waals surface area contributed by atoms with Gasteiger partial charge < -0.3 is 22.3 Å². The predicted molar refractivity (Wildman–Crippen MR) is 67.7 cm³/mol. The predicted octanol–water partition coefficient (Wildman–Crippen LogP) is -0.666. The Bertz CT molecular complexity index is 166. The fraction of sp³-hybridized carbons (Fsp3) is 1.00. The summed E-state index contributed by atoms with van der Waals surface area (Å²) in [5.74, 6) is 0.479. The Hall–Kier alpha value is -0.200. The molecular formula is C11H28N4O. The van der Waals surface area contributed by atoms with E-state index >= 15 is 0 Å². The molecule has 3 unspecified atom stereocenters. The van der Waals surface area contributed by atoms with Crippen LogP contribution in [0.5, 0.6) is 0 Å². The maximum absolute atomic E-state index is 9.84. The first-order valence-corrected chi connectivity index (χ1v) is 6.11. The lowest BCUT2D eigenvalue weighted by molar-refractivity contribution is 0.0866. The van der Waals surface area contributed by atoms with Crippen LogP contribution in [0.3, 0.4) is 0 Å². The number of nitrogens with two attached hydrogens (primary N) is 3. The lowest BCUT2D eigenvalue weighted by Crippen LogP contribution is -2.51. The van der Waals surface area contributed by atoms with E-state index < -0.39 is 6.23 Å². The van der Waals surface area contributed by atoms with E-state index in [-0.39, 0.29) is 12.1 Å². The molecular weight excluding hydrogens is 204 g/mol. The Morgan fingerprint density at radius 2 is 1.88 bits per heavy atom. The fourth-order valence-corrected chi connectivity index (χ4v) is 1.67. The second-order valence-corrected chi connectivity index (χ2v) is 4.77. The maximum atomic E-state index is 9.84. The molecule has 0 aromatic rings. The highest BCUT2D eigenvalue weighted by Crippen LogP contribution is 2.06. The van der Waals surface area contributed by atoms with E-state index in [9.17, 15) is 5.11 Å². The average molecular weight is 232 g/mol. The van der Waals surface area contributed by atoms with Crippen molar-refractivity contribution in [2.24, 2.45) is 23.1 Å². The average Bonchev–Trinajstić information content (AvgIpc) is 2.22. The molecule has 0 aliphatic heterocycles. The van der Waals surface area contributed by atoms with E-state index in [0.717, 1.165) is 19.3 Å². The Labute approximate surface area is 98.8 Å². The van der Waals surface area contributed by atoms with E-state index in [4.69, 9.17) is 17.2 Å². The Morgan fingerprint density at radius 3 is 2.31 bits per heavy atom. The van der Waals surface area contributed by atoms with Crippen LogP contribution in [0.1, 0.15) is 33.1 Å². The van der Waals surface area contributed by atoms with E-state index in [0.29, 0.717) is 19.0 Å². The molecule has 0 aliphatic rings. The van der Waals surface area contributed by atoms with Gasteiger partial charge in [-0.25, -0.2) is 0 Å². The van der Waals surface area contributed by atoms with Crippen molar-refractivity contribution in [2.45, 2.75) is 51.4 Å². The number of rotatable bonds is 9. The maximum Gasteiger partial charge on any atom is 0.120 e. The van der Waals surface area contributed by atoms with E-state index in [1.807, 2.05) is 0 Å². The molecule has 0 fully saturated rings.